The Hall–Kier alpha value is -1.82. The summed E-state index contributed by atoms with van der Waals surface area (Å²) in [6.07, 6.45) is 0.369. The number of hydrogen-bond donors (Lipinski definition) is 0. The molecule has 0 unspecified atom stereocenters. The maximum atomic E-state index is 11.8. The molecule has 0 saturated heterocycles. The molecule has 0 aliphatic heterocycles. The first-order valence-electron chi connectivity index (χ1n) is 4.84. The van der Waals surface area contributed by atoms with Crippen molar-refractivity contribution < 1.29 is 4.79 Å². The maximum absolute atomic E-state index is 11.8. The highest BCUT2D eigenvalue weighted by atomic mass is 16.2. The lowest BCUT2D eigenvalue weighted by atomic mass is 10.1. The molecule has 0 N–H and O–H groups in total. The summed E-state index contributed by atoms with van der Waals surface area (Å²) in [6.45, 7) is 2.46. The van der Waals surface area contributed by atoms with Crippen LogP contribution in [-0.2, 0) is 0 Å². The Morgan fingerprint density at radius 3 is 2.53 bits per heavy atom. The van der Waals surface area contributed by atoms with Crippen molar-refractivity contribution in [3.63, 3.8) is 0 Å². The normalized spacial score (nSPS) is 9.40. The first-order valence-corrected chi connectivity index (χ1v) is 4.84. The van der Waals surface area contributed by atoms with Gasteiger partial charge in [0.1, 0.15) is 0 Å². The molecule has 0 aliphatic rings. The van der Waals surface area contributed by atoms with Crippen molar-refractivity contribution in [2.75, 3.05) is 13.6 Å². The Balaban J connectivity index is 2.68. The molecule has 1 aromatic rings. The van der Waals surface area contributed by atoms with Crippen LogP contribution in [0.25, 0.3) is 0 Å². The zero-order valence-electron chi connectivity index (χ0n) is 9.03. The molecule has 1 aromatic carbocycles. The maximum Gasteiger partial charge on any atom is 0.253 e. The van der Waals surface area contributed by atoms with Crippen LogP contribution in [0.4, 0.5) is 0 Å². The van der Waals surface area contributed by atoms with Gasteiger partial charge in [0, 0.05) is 19.2 Å². The van der Waals surface area contributed by atoms with Gasteiger partial charge in [0.25, 0.3) is 5.91 Å². The molecule has 0 radical (unpaired) electrons. The van der Waals surface area contributed by atoms with E-state index in [1.165, 1.54) is 0 Å². The van der Waals surface area contributed by atoms with Crippen molar-refractivity contribution in [2.45, 2.75) is 13.3 Å². The highest BCUT2D eigenvalue weighted by Crippen LogP contribution is 2.06. The predicted octanol–water partition coefficient (Wildman–Crippen LogP) is 1.98. The molecule has 0 fully saturated rings. The van der Waals surface area contributed by atoms with Gasteiger partial charge in [-0.1, -0.05) is 17.7 Å². The third-order valence-electron chi connectivity index (χ3n) is 2.20. The van der Waals surface area contributed by atoms with Crippen LogP contribution in [0.1, 0.15) is 22.3 Å². The zero-order chi connectivity index (χ0) is 11.3. The van der Waals surface area contributed by atoms with E-state index in [-0.39, 0.29) is 5.91 Å². The summed E-state index contributed by atoms with van der Waals surface area (Å²) in [4.78, 5) is 13.3. The summed E-state index contributed by atoms with van der Waals surface area (Å²) < 4.78 is 0. The van der Waals surface area contributed by atoms with Gasteiger partial charge >= 0.3 is 0 Å². The molecule has 0 bridgehead atoms. The Morgan fingerprint density at radius 1 is 1.40 bits per heavy atom. The van der Waals surface area contributed by atoms with Crippen molar-refractivity contribution in [3.8, 4) is 6.07 Å². The van der Waals surface area contributed by atoms with Crippen molar-refractivity contribution in [1.82, 2.24) is 4.90 Å². The van der Waals surface area contributed by atoms with Gasteiger partial charge in [-0.25, -0.2) is 0 Å². The minimum Gasteiger partial charge on any atom is -0.341 e. The van der Waals surface area contributed by atoms with Gasteiger partial charge in [0.15, 0.2) is 0 Å². The average molecular weight is 202 g/mol. The number of aryl methyl sites for hydroxylation is 1. The first-order chi connectivity index (χ1) is 7.15. The summed E-state index contributed by atoms with van der Waals surface area (Å²) >= 11 is 0. The molecule has 1 rings (SSSR count). The van der Waals surface area contributed by atoms with Crippen LogP contribution < -0.4 is 0 Å². The fraction of sp³-hybridized carbons (Fsp3) is 0.333. The van der Waals surface area contributed by atoms with Crippen molar-refractivity contribution in [2.24, 2.45) is 0 Å². The number of amides is 1. The lowest BCUT2D eigenvalue weighted by Gasteiger charge is -2.15. The van der Waals surface area contributed by atoms with Crippen molar-refractivity contribution in [3.05, 3.63) is 35.4 Å². The molecule has 15 heavy (non-hydrogen) atoms. The number of nitriles is 1. The van der Waals surface area contributed by atoms with E-state index in [1.807, 2.05) is 25.1 Å². The van der Waals surface area contributed by atoms with Crippen LogP contribution >= 0.6 is 0 Å². The second-order valence-corrected chi connectivity index (χ2v) is 3.50. The number of rotatable bonds is 3. The third-order valence-corrected chi connectivity index (χ3v) is 2.20. The van der Waals surface area contributed by atoms with Gasteiger partial charge < -0.3 is 4.90 Å². The summed E-state index contributed by atoms with van der Waals surface area (Å²) in [5.41, 5.74) is 1.80. The van der Waals surface area contributed by atoms with Gasteiger partial charge in [-0.3, -0.25) is 4.79 Å². The van der Waals surface area contributed by atoms with Crippen LogP contribution in [0.2, 0.25) is 0 Å². The SMILES string of the molecule is Cc1ccc(C(=O)N(C)CCC#N)cc1. The topological polar surface area (TPSA) is 44.1 Å². The van der Waals surface area contributed by atoms with E-state index in [0.717, 1.165) is 5.56 Å². The lowest BCUT2D eigenvalue weighted by Crippen LogP contribution is -2.27. The van der Waals surface area contributed by atoms with E-state index < -0.39 is 0 Å². The molecular weight excluding hydrogens is 188 g/mol. The van der Waals surface area contributed by atoms with Gasteiger partial charge in [-0.2, -0.15) is 5.26 Å². The third kappa shape index (κ3) is 3.10. The minimum absolute atomic E-state index is 0.0368. The van der Waals surface area contributed by atoms with E-state index in [9.17, 15) is 4.79 Å². The van der Waals surface area contributed by atoms with Crippen LogP contribution in [0.3, 0.4) is 0 Å². The molecular formula is C12H14N2O. The van der Waals surface area contributed by atoms with Crippen LogP contribution in [0, 0.1) is 18.3 Å². The van der Waals surface area contributed by atoms with Crippen LogP contribution in [-0.4, -0.2) is 24.4 Å². The van der Waals surface area contributed by atoms with Crippen LogP contribution in [0.15, 0.2) is 24.3 Å². The first kappa shape index (κ1) is 11.3. The molecule has 3 nitrogen and oxygen atoms in total. The minimum atomic E-state index is -0.0368. The molecule has 0 heterocycles. The Labute approximate surface area is 89.9 Å². The monoisotopic (exact) mass is 202 g/mol. The number of benzene rings is 1. The zero-order valence-corrected chi connectivity index (χ0v) is 9.03. The lowest BCUT2D eigenvalue weighted by molar-refractivity contribution is 0.0798. The molecule has 0 aromatic heterocycles. The smallest absolute Gasteiger partial charge is 0.253 e. The molecule has 0 saturated carbocycles. The quantitative estimate of drug-likeness (QED) is 0.752. The van der Waals surface area contributed by atoms with Crippen LogP contribution in [0.5, 0.6) is 0 Å². The predicted molar refractivity (Wildman–Crippen MR) is 58.4 cm³/mol. The molecule has 0 atom stereocenters. The number of carbonyl (C=O) groups excluding carboxylic acids is 1. The standard InChI is InChI=1S/C12H14N2O/c1-10-4-6-11(7-5-10)12(15)14(2)9-3-8-13/h4-7H,3,9H2,1-2H3. The molecule has 0 aliphatic carbocycles. The summed E-state index contributed by atoms with van der Waals surface area (Å²) in [7, 11) is 1.71. The Kier molecular flexibility index (Phi) is 3.87. The molecule has 1 amide bonds. The molecule has 0 spiro atoms. The molecule has 78 valence electrons. The Morgan fingerprint density at radius 2 is 2.00 bits per heavy atom. The van der Waals surface area contributed by atoms with Crippen molar-refractivity contribution in [1.29, 1.82) is 5.26 Å². The fourth-order valence-electron chi connectivity index (χ4n) is 1.24. The largest absolute Gasteiger partial charge is 0.341 e. The molecule has 3 heteroatoms. The van der Waals surface area contributed by atoms with Gasteiger partial charge in [-0.05, 0) is 19.1 Å². The van der Waals surface area contributed by atoms with Crippen molar-refractivity contribution >= 4 is 5.91 Å². The average Bonchev–Trinajstić information content (AvgIpc) is 2.26. The second-order valence-electron chi connectivity index (χ2n) is 3.50. The van der Waals surface area contributed by atoms with Gasteiger partial charge in [-0.15, -0.1) is 0 Å². The number of nitrogens with zero attached hydrogens (tertiary/aromatic N) is 2. The summed E-state index contributed by atoms with van der Waals surface area (Å²) in [6, 6.07) is 9.45. The van der Waals surface area contributed by atoms with E-state index in [0.29, 0.717) is 18.5 Å². The Bertz CT molecular complexity index is 376. The summed E-state index contributed by atoms with van der Waals surface area (Å²) in [5, 5.41) is 8.42. The highest BCUT2D eigenvalue weighted by molar-refractivity contribution is 5.94. The van der Waals surface area contributed by atoms with Gasteiger partial charge in [0.2, 0.25) is 0 Å². The van der Waals surface area contributed by atoms with E-state index in [2.05, 4.69) is 0 Å². The second kappa shape index (κ2) is 5.16. The fourth-order valence-corrected chi connectivity index (χ4v) is 1.24. The highest BCUT2D eigenvalue weighted by Gasteiger charge is 2.10. The van der Waals surface area contributed by atoms with Gasteiger partial charge in [0.05, 0.1) is 12.5 Å². The van der Waals surface area contributed by atoms with E-state index >= 15 is 0 Å². The number of hydrogen-bond acceptors (Lipinski definition) is 2. The number of carbonyl (C=O) groups is 1. The van der Waals surface area contributed by atoms with E-state index in [4.69, 9.17) is 5.26 Å². The van der Waals surface area contributed by atoms with E-state index in [1.54, 1.807) is 24.1 Å². The summed E-state index contributed by atoms with van der Waals surface area (Å²) in [5.74, 6) is -0.0368.